The molecule has 1 aromatic rings. The lowest BCUT2D eigenvalue weighted by Crippen LogP contribution is -2.52. The van der Waals surface area contributed by atoms with Gasteiger partial charge in [-0.25, -0.2) is 4.99 Å². The normalized spacial score (nSPS) is 17.7. The SMILES string of the molecule is CCNC(=NCc1ccc(OC)cc1)NCCN1CCN(C(=O)C2CCC2)CC1.I. The average molecular weight is 529 g/mol. The van der Waals surface area contributed by atoms with E-state index in [0.717, 1.165) is 75.9 Å². The maximum Gasteiger partial charge on any atom is 0.225 e. The first-order valence-corrected chi connectivity index (χ1v) is 10.9. The smallest absolute Gasteiger partial charge is 0.225 e. The first kappa shape index (κ1) is 24.7. The predicted molar refractivity (Wildman–Crippen MR) is 132 cm³/mol. The summed E-state index contributed by atoms with van der Waals surface area (Å²) in [5, 5.41) is 6.73. The molecular formula is C22H36IN5O2. The summed E-state index contributed by atoms with van der Waals surface area (Å²) in [6, 6.07) is 7.99. The van der Waals surface area contributed by atoms with Crippen LogP contribution in [0, 0.1) is 5.92 Å². The third kappa shape index (κ3) is 7.30. The van der Waals surface area contributed by atoms with Crippen LogP contribution in [-0.4, -0.2) is 74.6 Å². The van der Waals surface area contributed by atoms with E-state index in [9.17, 15) is 4.79 Å². The summed E-state index contributed by atoms with van der Waals surface area (Å²) in [5.74, 6) is 2.39. The van der Waals surface area contributed by atoms with Gasteiger partial charge in [0.05, 0.1) is 13.7 Å². The molecule has 1 heterocycles. The lowest BCUT2D eigenvalue weighted by molar-refractivity contribution is -0.139. The van der Waals surface area contributed by atoms with Gasteiger partial charge in [0.15, 0.2) is 5.96 Å². The Morgan fingerprint density at radius 3 is 2.40 bits per heavy atom. The number of carbonyl (C=O) groups excluding carboxylic acids is 1. The molecular weight excluding hydrogens is 493 g/mol. The number of hydrogen-bond acceptors (Lipinski definition) is 4. The summed E-state index contributed by atoms with van der Waals surface area (Å²) in [6.07, 6.45) is 3.40. The minimum atomic E-state index is 0. The van der Waals surface area contributed by atoms with E-state index in [-0.39, 0.29) is 24.0 Å². The van der Waals surface area contributed by atoms with Crippen molar-refractivity contribution >= 4 is 35.8 Å². The molecule has 1 saturated heterocycles. The number of carbonyl (C=O) groups is 1. The lowest BCUT2D eigenvalue weighted by atomic mass is 9.84. The van der Waals surface area contributed by atoms with Gasteiger partial charge in [0.25, 0.3) is 0 Å². The number of guanidine groups is 1. The predicted octanol–water partition coefficient (Wildman–Crippen LogP) is 2.31. The van der Waals surface area contributed by atoms with E-state index in [1.165, 1.54) is 6.42 Å². The van der Waals surface area contributed by atoms with Crippen molar-refractivity contribution in [2.75, 3.05) is 52.9 Å². The molecule has 2 N–H and O–H groups in total. The lowest BCUT2D eigenvalue weighted by Gasteiger charge is -2.38. The fraction of sp³-hybridized carbons (Fsp3) is 0.636. The van der Waals surface area contributed by atoms with E-state index >= 15 is 0 Å². The number of rotatable bonds is 8. The maximum absolute atomic E-state index is 12.4. The van der Waals surface area contributed by atoms with Crippen LogP contribution in [0.1, 0.15) is 31.7 Å². The van der Waals surface area contributed by atoms with Crippen molar-refractivity contribution in [3.8, 4) is 5.75 Å². The van der Waals surface area contributed by atoms with Crippen LogP contribution in [0.25, 0.3) is 0 Å². The van der Waals surface area contributed by atoms with Gasteiger partial charge >= 0.3 is 0 Å². The van der Waals surface area contributed by atoms with E-state index in [0.29, 0.717) is 18.4 Å². The number of halogens is 1. The molecule has 0 spiro atoms. The van der Waals surface area contributed by atoms with Gasteiger partial charge in [-0.2, -0.15) is 0 Å². The molecule has 1 amide bonds. The first-order chi connectivity index (χ1) is 14.2. The van der Waals surface area contributed by atoms with Gasteiger partial charge in [-0.15, -0.1) is 24.0 Å². The Labute approximate surface area is 197 Å². The minimum Gasteiger partial charge on any atom is -0.497 e. The number of piperazine rings is 1. The standard InChI is InChI=1S/C22H35N5O2.HI/c1-3-23-22(25-17-18-7-9-20(29-2)10-8-18)24-11-12-26-13-15-27(16-14-26)21(28)19-5-4-6-19;/h7-10,19H,3-6,11-17H2,1-2H3,(H2,23,24,25);1H. The van der Waals surface area contributed by atoms with Crippen molar-refractivity contribution < 1.29 is 9.53 Å². The highest BCUT2D eigenvalue weighted by Crippen LogP contribution is 2.28. The van der Waals surface area contributed by atoms with Gasteiger partial charge in [-0.05, 0) is 37.5 Å². The Kier molecular flexibility index (Phi) is 10.7. The Balaban J connectivity index is 0.00000320. The molecule has 1 saturated carbocycles. The number of aliphatic imine (C=N–C) groups is 1. The first-order valence-electron chi connectivity index (χ1n) is 10.9. The highest BCUT2D eigenvalue weighted by atomic mass is 127. The van der Waals surface area contributed by atoms with Crippen LogP contribution in [0.3, 0.4) is 0 Å². The van der Waals surface area contributed by atoms with E-state index in [2.05, 4.69) is 32.3 Å². The second-order valence-corrected chi connectivity index (χ2v) is 7.76. The average Bonchev–Trinajstić information content (AvgIpc) is 2.71. The Morgan fingerprint density at radius 2 is 1.83 bits per heavy atom. The highest BCUT2D eigenvalue weighted by molar-refractivity contribution is 14.0. The zero-order valence-corrected chi connectivity index (χ0v) is 20.6. The van der Waals surface area contributed by atoms with Crippen LogP contribution < -0.4 is 15.4 Å². The summed E-state index contributed by atoms with van der Waals surface area (Å²) >= 11 is 0. The van der Waals surface area contributed by atoms with Crippen LogP contribution in [0.15, 0.2) is 29.3 Å². The molecule has 2 aliphatic rings. The van der Waals surface area contributed by atoms with Crippen molar-refractivity contribution in [3.63, 3.8) is 0 Å². The molecule has 0 aromatic heterocycles. The molecule has 0 bridgehead atoms. The molecule has 30 heavy (non-hydrogen) atoms. The summed E-state index contributed by atoms with van der Waals surface area (Å²) in [6.45, 7) is 8.96. The minimum absolute atomic E-state index is 0. The molecule has 3 rings (SSSR count). The fourth-order valence-electron chi connectivity index (χ4n) is 3.68. The summed E-state index contributed by atoms with van der Waals surface area (Å²) in [5.41, 5.74) is 1.15. The molecule has 0 atom stereocenters. The van der Waals surface area contributed by atoms with Gasteiger partial charge in [-0.3, -0.25) is 9.69 Å². The van der Waals surface area contributed by atoms with E-state index < -0.39 is 0 Å². The highest BCUT2D eigenvalue weighted by Gasteiger charge is 2.30. The number of hydrogen-bond donors (Lipinski definition) is 2. The second-order valence-electron chi connectivity index (χ2n) is 7.76. The van der Waals surface area contributed by atoms with Gasteiger partial charge in [0.1, 0.15) is 5.75 Å². The molecule has 1 aromatic carbocycles. The van der Waals surface area contributed by atoms with Crippen molar-refractivity contribution in [2.45, 2.75) is 32.7 Å². The van der Waals surface area contributed by atoms with E-state index in [1.807, 2.05) is 24.3 Å². The van der Waals surface area contributed by atoms with Gasteiger partial charge < -0.3 is 20.3 Å². The quantitative estimate of drug-likeness (QED) is 0.308. The summed E-state index contributed by atoms with van der Waals surface area (Å²) in [7, 11) is 1.67. The number of benzene rings is 1. The van der Waals surface area contributed by atoms with Crippen LogP contribution in [-0.2, 0) is 11.3 Å². The number of nitrogens with zero attached hydrogens (tertiary/aromatic N) is 3. The number of nitrogens with one attached hydrogen (secondary N) is 2. The van der Waals surface area contributed by atoms with Crippen LogP contribution in [0.5, 0.6) is 5.75 Å². The Bertz CT molecular complexity index is 671. The van der Waals surface area contributed by atoms with E-state index in [1.54, 1.807) is 7.11 Å². The monoisotopic (exact) mass is 529 g/mol. The van der Waals surface area contributed by atoms with Crippen molar-refractivity contribution in [1.82, 2.24) is 20.4 Å². The molecule has 1 aliphatic heterocycles. The summed E-state index contributed by atoms with van der Waals surface area (Å²) < 4.78 is 5.20. The topological polar surface area (TPSA) is 69.2 Å². The van der Waals surface area contributed by atoms with Crippen LogP contribution >= 0.6 is 24.0 Å². The molecule has 0 radical (unpaired) electrons. The van der Waals surface area contributed by atoms with Gasteiger partial charge in [0.2, 0.25) is 5.91 Å². The zero-order valence-electron chi connectivity index (χ0n) is 18.2. The second kappa shape index (κ2) is 13.0. The largest absolute Gasteiger partial charge is 0.497 e. The van der Waals surface area contributed by atoms with Crippen LogP contribution in [0.4, 0.5) is 0 Å². The van der Waals surface area contributed by atoms with Crippen molar-refractivity contribution in [1.29, 1.82) is 0 Å². The van der Waals surface area contributed by atoms with Crippen molar-refractivity contribution in [2.24, 2.45) is 10.9 Å². The Morgan fingerprint density at radius 1 is 1.13 bits per heavy atom. The maximum atomic E-state index is 12.4. The molecule has 8 heteroatoms. The fourth-order valence-corrected chi connectivity index (χ4v) is 3.68. The third-order valence-electron chi connectivity index (χ3n) is 5.78. The third-order valence-corrected chi connectivity index (χ3v) is 5.78. The van der Waals surface area contributed by atoms with Gasteiger partial charge in [0, 0.05) is 51.7 Å². The number of ether oxygens (including phenoxy) is 1. The Hall–Kier alpha value is -1.55. The number of methoxy groups -OCH3 is 1. The molecule has 1 aliphatic carbocycles. The molecule has 168 valence electrons. The van der Waals surface area contributed by atoms with E-state index in [4.69, 9.17) is 4.74 Å². The number of amides is 1. The molecule has 2 fully saturated rings. The zero-order chi connectivity index (χ0) is 20.5. The molecule has 0 unspecified atom stereocenters. The van der Waals surface area contributed by atoms with Gasteiger partial charge in [-0.1, -0.05) is 18.6 Å². The van der Waals surface area contributed by atoms with Crippen LogP contribution in [0.2, 0.25) is 0 Å². The van der Waals surface area contributed by atoms with Crippen molar-refractivity contribution in [3.05, 3.63) is 29.8 Å². The molecule has 7 nitrogen and oxygen atoms in total. The summed E-state index contributed by atoms with van der Waals surface area (Å²) in [4.78, 5) is 21.5.